The van der Waals surface area contributed by atoms with E-state index >= 15 is 0 Å². The third-order valence-electron chi connectivity index (χ3n) is 4.04. The van der Waals surface area contributed by atoms with Gasteiger partial charge in [0.1, 0.15) is 0 Å². The highest BCUT2D eigenvalue weighted by Gasteiger charge is 2.30. The zero-order chi connectivity index (χ0) is 16.5. The molecule has 0 amide bonds. The van der Waals surface area contributed by atoms with Gasteiger partial charge in [-0.25, -0.2) is 0 Å². The van der Waals surface area contributed by atoms with Gasteiger partial charge >= 0.3 is 0 Å². The Bertz CT molecular complexity index is 874. The normalized spacial score (nSPS) is 17.2. The Balaban J connectivity index is 1.74. The molecule has 4 rings (SSSR count). The number of benzene rings is 2. The van der Waals surface area contributed by atoms with Crippen molar-refractivity contribution >= 4 is 50.3 Å². The van der Waals surface area contributed by atoms with Crippen molar-refractivity contribution in [1.29, 1.82) is 0 Å². The van der Waals surface area contributed by atoms with Crippen LogP contribution in [0.15, 0.2) is 76.3 Å². The van der Waals surface area contributed by atoms with Crippen LogP contribution in [-0.2, 0) is 0 Å². The Morgan fingerprint density at radius 1 is 1.00 bits per heavy atom. The van der Waals surface area contributed by atoms with Crippen molar-refractivity contribution in [3.63, 3.8) is 0 Å². The zero-order valence-electron chi connectivity index (χ0n) is 12.7. The fourth-order valence-corrected chi connectivity index (χ4v) is 4.19. The lowest BCUT2D eigenvalue weighted by Gasteiger charge is -2.24. The first kappa shape index (κ1) is 15.9. The predicted octanol–water partition coefficient (Wildman–Crippen LogP) is 6.52. The Hall–Kier alpha value is -1.62. The van der Waals surface area contributed by atoms with Gasteiger partial charge in [-0.1, -0.05) is 57.9 Å². The van der Waals surface area contributed by atoms with Crippen molar-refractivity contribution in [2.24, 2.45) is 5.10 Å². The number of hydrazone groups is 1. The fraction of sp³-hybridized carbons (Fsp3) is 0.105. The molecule has 2 aromatic carbocycles. The second-order valence-corrected chi connectivity index (χ2v) is 8.23. The van der Waals surface area contributed by atoms with Crippen LogP contribution in [0.3, 0.4) is 0 Å². The molecule has 0 fully saturated rings. The van der Waals surface area contributed by atoms with E-state index in [2.05, 4.69) is 63.4 Å². The molecule has 24 heavy (non-hydrogen) atoms. The average Bonchev–Trinajstić information content (AvgIpc) is 3.23. The monoisotopic (exact) mass is 416 g/mol. The molecule has 0 spiro atoms. The molecular formula is C19H14BrClN2S. The van der Waals surface area contributed by atoms with E-state index in [9.17, 15) is 0 Å². The minimum absolute atomic E-state index is 0.191. The summed E-state index contributed by atoms with van der Waals surface area (Å²) in [4.78, 5) is 1.14. The van der Waals surface area contributed by atoms with Gasteiger partial charge < -0.3 is 0 Å². The number of anilines is 1. The molecule has 0 aliphatic carbocycles. The van der Waals surface area contributed by atoms with Gasteiger partial charge in [-0.15, -0.1) is 11.3 Å². The Morgan fingerprint density at radius 3 is 2.42 bits per heavy atom. The highest BCUT2D eigenvalue weighted by atomic mass is 79.9. The summed E-state index contributed by atoms with van der Waals surface area (Å²) in [6.45, 7) is 0. The van der Waals surface area contributed by atoms with Gasteiger partial charge in [0.25, 0.3) is 0 Å². The molecule has 0 N–H and O–H groups in total. The molecule has 2 heterocycles. The summed E-state index contributed by atoms with van der Waals surface area (Å²) >= 11 is 11.2. The van der Waals surface area contributed by atoms with Crippen LogP contribution in [0.1, 0.15) is 22.9 Å². The standard InChI is InChI=1S/C19H14BrClN2S/c20-14-8-6-13(7-9-14)17-12-16(18-10-11-19(21)24-18)22-23(17)15-4-2-1-3-5-15/h1-11,17H,12H2. The minimum Gasteiger partial charge on any atom is -0.257 e. The van der Waals surface area contributed by atoms with Crippen molar-refractivity contribution in [3.8, 4) is 0 Å². The van der Waals surface area contributed by atoms with E-state index in [1.54, 1.807) is 11.3 Å². The van der Waals surface area contributed by atoms with Crippen LogP contribution in [0, 0.1) is 0 Å². The summed E-state index contributed by atoms with van der Waals surface area (Å²) < 4.78 is 1.88. The molecule has 1 unspecified atom stereocenters. The van der Waals surface area contributed by atoms with Gasteiger partial charge in [0.15, 0.2) is 0 Å². The van der Waals surface area contributed by atoms with E-state index in [1.165, 1.54) is 5.56 Å². The highest BCUT2D eigenvalue weighted by molar-refractivity contribution is 9.10. The summed E-state index contributed by atoms with van der Waals surface area (Å²) in [5.74, 6) is 0. The maximum Gasteiger partial charge on any atom is 0.0935 e. The van der Waals surface area contributed by atoms with Gasteiger partial charge in [-0.05, 0) is 42.0 Å². The van der Waals surface area contributed by atoms with Gasteiger partial charge in [-0.2, -0.15) is 5.10 Å². The summed E-state index contributed by atoms with van der Waals surface area (Å²) in [7, 11) is 0. The molecule has 1 aliphatic rings. The number of hydrogen-bond donors (Lipinski definition) is 0. The van der Waals surface area contributed by atoms with Gasteiger partial charge in [0.05, 0.1) is 26.7 Å². The van der Waals surface area contributed by atoms with Crippen LogP contribution in [-0.4, -0.2) is 5.71 Å². The average molecular weight is 418 g/mol. The lowest BCUT2D eigenvalue weighted by molar-refractivity contribution is 0.709. The molecule has 2 nitrogen and oxygen atoms in total. The number of para-hydroxylation sites is 1. The number of hydrogen-bond acceptors (Lipinski definition) is 3. The zero-order valence-corrected chi connectivity index (χ0v) is 15.9. The van der Waals surface area contributed by atoms with Gasteiger partial charge in [-0.3, -0.25) is 5.01 Å². The van der Waals surface area contributed by atoms with E-state index in [0.29, 0.717) is 0 Å². The summed E-state index contributed by atoms with van der Waals surface area (Å²) in [5.41, 5.74) is 3.44. The quantitative estimate of drug-likeness (QED) is 0.473. The highest BCUT2D eigenvalue weighted by Crippen LogP contribution is 2.38. The second-order valence-electron chi connectivity index (χ2n) is 5.60. The van der Waals surface area contributed by atoms with Crippen LogP contribution in [0.25, 0.3) is 0 Å². The molecule has 1 aliphatic heterocycles. The van der Waals surface area contributed by atoms with Crippen LogP contribution >= 0.6 is 38.9 Å². The first-order chi connectivity index (χ1) is 11.7. The van der Waals surface area contributed by atoms with Gasteiger partial charge in [0, 0.05) is 10.9 Å². The molecule has 1 atom stereocenters. The minimum atomic E-state index is 0.191. The molecule has 0 radical (unpaired) electrons. The van der Waals surface area contributed by atoms with Gasteiger partial charge in [0.2, 0.25) is 0 Å². The lowest BCUT2D eigenvalue weighted by atomic mass is 10.0. The van der Waals surface area contributed by atoms with E-state index in [1.807, 2.05) is 24.3 Å². The van der Waals surface area contributed by atoms with Crippen molar-refractivity contribution in [1.82, 2.24) is 0 Å². The van der Waals surface area contributed by atoms with E-state index in [-0.39, 0.29) is 6.04 Å². The third kappa shape index (κ3) is 3.14. The fourth-order valence-electron chi connectivity index (χ4n) is 2.89. The number of halogens is 2. The molecule has 120 valence electrons. The number of nitrogens with zero attached hydrogens (tertiary/aromatic N) is 2. The van der Waals surface area contributed by atoms with Crippen molar-refractivity contribution in [3.05, 3.63) is 86.0 Å². The van der Waals surface area contributed by atoms with Crippen LogP contribution in [0.4, 0.5) is 5.69 Å². The van der Waals surface area contributed by atoms with Crippen molar-refractivity contribution < 1.29 is 0 Å². The van der Waals surface area contributed by atoms with Crippen LogP contribution in [0.5, 0.6) is 0 Å². The van der Waals surface area contributed by atoms with Crippen LogP contribution in [0.2, 0.25) is 4.34 Å². The number of rotatable bonds is 3. The molecule has 1 aromatic heterocycles. The SMILES string of the molecule is Clc1ccc(C2=NN(c3ccccc3)C(c3ccc(Br)cc3)C2)s1. The first-order valence-corrected chi connectivity index (χ1v) is 9.62. The predicted molar refractivity (Wildman–Crippen MR) is 106 cm³/mol. The Morgan fingerprint density at radius 2 is 1.75 bits per heavy atom. The Kier molecular flexibility index (Phi) is 4.44. The molecular weight excluding hydrogens is 404 g/mol. The lowest BCUT2D eigenvalue weighted by Crippen LogP contribution is -2.18. The van der Waals surface area contributed by atoms with Crippen LogP contribution < -0.4 is 5.01 Å². The molecule has 0 bridgehead atoms. The van der Waals surface area contributed by atoms with E-state index in [4.69, 9.17) is 16.7 Å². The topological polar surface area (TPSA) is 15.6 Å². The molecule has 5 heteroatoms. The summed E-state index contributed by atoms with van der Waals surface area (Å²) in [5, 5.41) is 7.03. The maximum absolute atomic E-state index is 6.11. The molecule has 0 saturated carbocycles. The largest absolute Gasteiger partial charge is 0.257 e. The Labute approximate surface area is 158 Å². The van der Waals surface area contributed by atoms with E-state index in [0.717, 1.165) is 31.5 Å². The summed E-state index contributed by atoms with van der Waals surface area (Å²) in [6.07, 6.45) is 0.868. The first-order valence-electron chi connectivity index (χ1n) is 7.63. The number of thiophene rings is 1. The van der Waals surface area contributed by atoms with Crippen molar-refractivity contribution in [2.75, 3.05) is 5.01 Å². The third-order valence-corrected chi connectivity index (χ3v) is 5.85. The maximum atomic E-state index is 6.11. The summed E-state index contributed by atoms with van der Waals surface area (Å²) in [6, 6.07) is 23.0. The van der Waals surface area contributed by atoms with Crippen molar-refractivity contribution in [2.45, 2.75) is 12.5 Å². The molecule has 3 aromatic rings. The molecule has 0 saturated heterocycles. The second kappa shape index (κ2) is 6.71. The smallest absolute Gasteiger partial charge is 0.0935 e. The van der Waals surface area contributed by atoms with E-state index < -0.39 is 0 Å².